The molecular weight excluding hydrogens is 322 g/mol. The molecule has 0 amide bonds. The topological polar surface area (TPSA) is 59.3 Å². The highest BCUT2D eigenvalue weighted by Crippen LogP contribution is 2.46. The van der Waals surface area contributed by atoms with Crippen LogP contribution >= 0.6 is 15.9 Å². The highest BCUT2D eigenvalue weighted by atomic mass is 79.9. The average Bonchev–Trinajstić information content (AvgIpc) is 2.47. The highest BCUT2D eigenvalue weighted by molar-refractivity contribution is 9.10. The summed E-state index contributed by atoms with van der Waals surface area (Å²) in [5.41, 5.74) is -0.883. The number of rotatable bonds is 1. The normalized spacial score (nSPS) is 30.9. The molecular formula is C15H12BrNO3. The number of halogens is 1. The van der Waals surface area contributed by atoms with E-state index in [-0.39, 0.29) is 5.78 Å². The largest absolute Gasteiger partial charge is 0.487 e. The molecule has 3 atom stereocenters. The van der Waals surface area contributed by atoms with Crippen molar-refractivity contribution in [3.05, 3.63) is 40.4 Å². The van der Waals surface area contributed by atoms with Crippen molar-refractivity contribution in [2.24, 2.45) is 5.41 Å². The van der Waals surface area contributed by atoms with E-state index in [4.69, 9.17) is 9.47 Å². The number of nitriles is 1. The maximum Gasteiger partial charge on any atom is 0.193 e. The van der Waals surface area contributed by atoms with Crippen molar-refractivity contribution < 1.29 is 14.3 Å². The zero-order valence-electron chi connectivity index (χ0n) is 10.8. The molecule has 0 radical (unpaired) electrons. The quantitative estimate of drug-likeness (QED) is 0.741. The number of methoxy groups -OCH3 is 1. The van der Waals surface area contributed by atoms with Gasteiger partial charge in [0.25, 0.3) is 0 Å². The van der Waals surface area contributed by atoms with Crippen LogP contribution in [0.25, 0.3) is 0 Å². The number of benzene rings is 1. The standard InChI is InChI=1S/C15H12BrNO3/c1-19-12-3-2-4-13-15(12,8-17)14(18)10-7-9(16)5-6-11(10)20-13/h2-3,5-7,12-13H,4H2,1H3/t12-,13+,15-/m1/s1. The molecule has 5 heteroatoms. The van der Waals surface area contributed by atoms with Crippen molar-refractivity contribution in [2.75, 3.05) is 7.11 Å². The van der Waals surface area contributed by atoms with Crippen LogP contribution in [-0.2, 0) is 4.74 Å². The Labute approximate surface area is 125 Å². The number of hydrogen-bond acceptors (Lipinski definition) is 4. The summed E-state index contributed by atoms with van der Waals surface area (Å²) in [5.74, 6) is 0.294. The van der Waals surface area contributed by atoms with E-state index in [0.717, 1.165) is 4.47 Å². The Morgan fingerprint density at radius 1 is 1.55 bits per heavy atom. The Hall–Kier alpha value is -1.64. The Kier molecular flexibility index (Phi) is 3.15. The number of carbonyl (C=O) groups is 1. The molecule has 0 spiro atoms. The van der Waals surface area contributed by atoms with Crippen LogP contribution in [0.2, 0.25) is 0 Å². The van der Waals surface area contributed by atoms with Gasteiger partial charge in [-0.15, -0.1) is 0 Å². The van der Waals surface area contributed by atoms with Crippen LogP contribution in [0.4, 0.5) is 0 Å². The monoisotopic (exact) mass is 333 g/mol. The smallest absolute Gasteiger partial charge is 0.193 e. The second-order valence-electron chi connectivity index (χ2n) is 4.88. The lowest BCUT2D eigenvalue weighted by atomic mass is 9.67. The molecule has 0 bridgehead atoms. The highest BCUT2D eigenvalue weighted by Gasteiger charge is 2.58. The van der Waals surface area contributed by atoms with Crippen molar-refractivity contribution in [1.29, 1.82) is 5.26 Å². The van der Waals surface area contributed by atoms with Crippen LogP contribution in [0.15, 0.2) is 34.8 Å². The molecule has 1 aromatic carbocycles. The molecule has 4 nitrogen and oxygen atoms in total. The minimum Gasteiger partial charge on any atom is -0.487 e. The van der Waals surface area contributed by atoms with E-state index in [9.17, 15) is 10.1 Å². The maximum atomic E-state index is 12.9. The number of fused-ring (bicyclic) bond motifs is 2. The number of ketones is 1. The summed E-state index contributed by atoms with van der Waals surface area (Å²) in [5, 5.41) is 9.67. The Morgan fingerprint density at radius 2 is 2.35 bits per heavy atom. The Bertz CT molecular complexity index is 649. The van der Waals surface area contributed by atoms with Gasteiger partial charge in [0.1, 0.15) is 18.0 Å². The summed E-state index contributed by atoms with van der Waals surface area (Å²) in [6, 6.07) is 7.42. The minimum atomic E-state index is -1.31. The summed E-state index contributed by atoms with van der Waals surface area (Å²) >= 11 is 3.34. The van der Waals surface area contributed by atoms with Gasteiger partial charge in [-0.25, -0.2) is 0 Å². The molecule has 1 aliphatic carbocycles. The SMILES string of the molecule is CO[C@@H]1C=CC[C@@H]2Oc3ccc(Br)cc3C(=O)[C@@]21C#N. The molecule has 0 aromatic heterocycles. The fourth-order valence-corrected chi connectivity index (χ4v) is 3.23. The first-order valence-corrected chi connectivity index (χ1v) is 7.04. The molecule has 0 unspecified atom stereocenters. The molecule has 0 saturated heterocycles. The first-order chi connectivity index (χ1) is 9.63. The minimum absolute atomic E-state index is 0.233. The third-order valence-electron chi connectivity index (χ3n) is 3.89. The molecule has 102 valence electrons. The van der Waals surface area contributed by atoms with Crippen molar-refractivity contribution >= 4 is 21.7 Å². The average molecular weight is 334 g/mol. The molecule has 1 heterocycles. The van der Waals surface area contributed by atoms with Crippen LogP contribution in [0, 0.1) is 16.7 Å². The maximum absolute atomic E-state index is 12.9. The molecule has 0 saturated carbocycles. The summed E-state index contributed by atoms with van der Waals surface area (Å²) in [6.07, 6.45) is 3.08. The van der Waals surface area contributed by atoms with E-state index < -0.39 is 17.6 Å². The predicted octanol–water partition coefficient (Wildman–Crippen LogP) is 2.88. The lowest BCUT2D eigenvalue weighted by Gasteiger charge is -2.43. The second-order valence-corrected chi connectivity index (χ2v) is 5.79. The lowest BCUT2D eigenvalue weighted by Crippen LogP contribution is -2.56. The van der Waals surface area contributed by atoms with Crippen LogP contribution in [0.1, 0.15) is 16.8 Å². The van der Waals surface area contributed by atoms with Gasteiger partial charge in [-0.3, -0.25) is 4.79 Å². The fourth-order valence-electron chi connectivity index (χ4n) is 2.87. The predicted molar refractivity (Wildman–Crippen MR) is 75.5 cm³/mol. The summed E-state index contributed by atoms with van der Waals surface area (Å²) in [4.78, 5) is 12.9. The first kappa shape index (κ1) is 13.3. The molecule has 2 aliphatic rings. The number of carbonyl (C=O) groups excluding carboxylic acids is 1. The van der Waals surface area contributed by atoms with Crippen molar-refractivity contribution in [1.82, 2.24) is 0 Å². The van der Waals surface area contributed by atoms with Crippen LogP contribution in [0.3, 0.4) is 0 Å². The second kappa shape index (κ2) is 4.72. The molecule has 1 aliphatic heterocycles. The first-order valence-electron chi connectivity index (χ1n) is 6.25. The number of ether oxygens (including phenoxy) is 2. The Balaban J connectivity index is 2.20. The van der Waals surface area contributed by atoms with Crippen molar-refractivity contribution in [3.63, 3.8) is 0 Å². The van der Waals surface area contributed by atoms with Gasteiger partial charge in [-0.2, -0.15) is 5.26 Å². The van der Waals surface area contributed by atoms with Gasteiger partial charge in [-0.1, -0.05) is 28.1 Å². The van der Waals surface area contributed by atoms with Gasteiger partial charge < -0.3 is 9.47 Å². The van der Waals surface area contributed by atoms with Crippen LogP contribution in [0.5, 0.6) is 5.75 Å². The summed E-state index contributed by atoms with van der Waals surface area (Å²) in [7, 11) is 1.50. The van der Waals surface area contributed by atoms with Gasteiger partial charge in [-0.05, 0) is 18.2 Å². The van der Waals surface area contributed by atoms with Gasteiger partial charge >= 0.3 is 0 Å². The van der Waals surface area contributed by atoms with E-state index >= 15 is 0 Å². The van der Waals surface area contributed by atoms with Crippen molar-refractivity contribution in [2.45, 2.75) is 18.6 Å². The third-order valence-corrected chi connectivity index (χ3v) is 4.38. The molecule has 1 aromatic rings. The van der Waals surface area contributed by atoms with E-state index in [2.05, 4.69) is 22.0 Å². The van der Waals surface area contributed by atoms with E-state index in [1.807, 2.05) is 12.1 Å². The zero-order valence-corrected chi connectivity index (χ0v) is 12.4. The molecule has 0 N–H and O–H groups in total. The fraction of sp³-hybridized carbons (Fsp3) is 0.333. The third kappa shape index (κ3) is 1.65. The summed E-state index contributed by atoms with van der Waals surface area (Å²) < 4.78 is 12.0. The van der Waals surface area contributed by atoms with E-state index in [0.29, 0.717) is 17.7 Å². The van der Waals surface area contributed by atoms with Crippen LogP contribution in [-0.4, -0.2) is 25.1 Å². The van der Waals surface area contributed by atoms with E-state index in [1.165, 1.54) is 7.11 Å². The van der Waals surface area contributed by atoms with Crippen molar-refractivity contribution in [3.8, 4) is 11.8 Å². The number of nitrogens with zero attached hydrogens (tertiary/aromatic N) is 1. The molecule has 3 rings (SSSR count). The van der Waals surface area contributed by atoms with Gasteiger partial charge in [0.15, 0.2) is 11.2 Å². The lowest BCUT2D eigenvalue weighted by molar-refractivity contribution is -0.0211. The molecule has 0 fully saturated rings. The zero-order chi connectivity index (χ0) is 14.3. The van der Waals surface area contributed by atoms with Crippen LogP contribution < -0.4 is 4.74 Å². The van der Waals surface area contributed by atoms with Gasteiger partial charge in [0, 0.05) is 18.0 Å². The number of Topliss-reactive ketones (excluding diaryl/α,β-unsaturated/α-hetero) is 1. The summed E-state index contributed by atoms with van der Waals surface area (Å²) in [6.45, 7) is 0. The van der Waals surface area contributed by atoms with Gasteiger partial charge in [0.2, 0.25) is 0 Å². The Morgan fingerprint density at radius 3 is 3.05 bits per heavy atom. The van der Waals surface area contributed by atoms with Gasteiger partial charge in [0.05, 0.1) is 11.6 Å². The van der Waals surface area contributed by atoms with E-state index in [1.54, 1.807) is 18.2 Å². The molecule has 20 heavy (non-hydrogen) atoms. The number of hydrogen-bond donors (Lipinski definition) is 0.